The molecule has 23 heavy (non-hydrogen) atoms. The van der Waals surface area contributed by atoms with Gasteiger partial charge in [0, 0.05) is 19.0 Å². The van der Waals surface area contributed by atoms with Gasteiger partial charge in [0.1, 0.15) is 4.90 Å². The lowest BCUT2D eigenvalue weighted by molar-refractivity contribution is 0.525. The van der Waals surface area contributed by atoms with E-state index in [1.807, 2.05) is 0 Å². The number of hydrogen-bond donors (Lipinski definition) is 1. The zero-order chi connectivity index (χ0) is 16.3. The minimum absolute atomic E-state index is 0.380. The third-order valence-corrected chi connectivity index (χ3v) is 4.89. The van der Waals surface area contributed by atoms with Crippen molar-refractivity contribution >= 4 is 10.2 Å². The Morgan fingerprint density at radius 1 is 1.30 bits per heavy atom. The van der Waals surface area contributed by atoms with E-state index in [9.17, 15) is 12.3 Å². The number of benzene rings is 1. The van der Waals surface area contributed by atoms with Gasteiger partial charge in [0.2, 0.25) is 0 Å². The lowest BCUT2D eigenvalue weighted by Crippen LogP contribution is -2.28. The fourth-order valence-corrected chi connectivity index (χ4v) is 3.35. The van der Waals surface area contributed by atoms with E-state index < -0.39 is 10.2 Å². The molecular weight excluding hydrogens is 319 g/mol. The first-order valence-electron chi connectivity index (χ1n) is 7.72. The van der Waals surface area contributed by atoms with Crippen LogP contribution in [0, 0.1) is 0 Å². The average Bonchev–Trinajstić information content (AvgIpc) is 3.18. The minimum Gasteiger partial charge on any atom is -0.314 e. The van der Waals surface area contributed by atoms with E-state index in [-0.39, 0.29) is 4.90 Å². The zero-order valence-corrected chi connectivity index (χ0v) is 13.5. The fraction of sp³-hybridized carbons (Fsp3) is 0.467. The Kier molecular flexibility index (Phi) is 4.72. The molecule has 1 saturated carbocycles. The highest BCUT2D eigenvalue weighted by atomic mass is 32.3. The van der Waals surface area contributed by atoms with Crippen LogP contribution in [0.1, 0.15) is 31.4 Å². The molecular formula is C15H19FN4O2S. The Hall–Kier alpha value is -1.80. The molecule has 2 aromatic rings. The Balaban J connectivity index is 1.64. The molecule has 0 unspecified atom stereocenters. The molecule has 0 amide bonds. The van der Waals surface area contributed by atoms with Gasteiger partial charge in [0.05, 0.1) is 17.6 Å². The maximum Gasteiger partial charge on any atom is 0.332 e. The Morgan fingerprint density at radius 2 is 2.09 bits per heavy atom. The van der Waals surface area contributed by atoms with E-state index in [1.165, 1.54) is 48.6 Å². The highest BCUT2D eigenvalue weighted by Gasteiger charge is 2.15. The molecule has 0 spiro atoms. The van der Waals surface area contributed by atoms with E-state index in [0.717, 1.165) is 18.7 Å². The number of rotatable bonds is 6. The summed E-state index contributed by atoms with van der Waals surface area (Å²) >= 11 is 0. The molecule has 0 bridgehead atoms. The van der Waals surface area contributed by atoms with Crippen molar-refractivity contribution in [1.29, 1.82) is 0 Å². The van der Waals surface area contributed by atoms with Crippen LogP contribution >= 0.6 is 0 Å². The predicted octanol–water partition coefficient (Wildman–Crippen LogP) is 2.00. The van der Waals surface area contributed by atoms with Crippen LogP contribution in [0.3, 0.4) is 0 Å². The number of nitrogens with zero attached hydrogens (tertiary/aromatic N) is 3. The molecule has 6 nitrogen and oxygen atoms in total. The summed E-state index contributed by atoms with van der Waals surface area (Å²) in [4.78, 5) is -0.380. The van der Waals surface area contributed by atoms with E-state index in [1.54, 1.807) is 12.3 Å². The van der Waals surface area contributed by atoms with Crippen molar-refractivity contribution in [2.24, 2.45) is 0 Å². The normalized spacial score (nSPS) is 16.0. The van der Waals surface area contributed by atoms with Crippen LogP contribution < -0.4 is 5.32 Å². The predicted molar refractivity (Wildman–Crippen MR) is 83.6 cm³/mol. The molecule has 0 saturated heterocycles. The number of aromatic nitrogens is 3. The highest BCUT2D eigenvalue weighted by molar-refractivity contribution is 7.86. The maximum absolute atomic E-state index is 13.1. The zero-order valence-electron chi connectivity index (χ0n) is 12.7. The smallest absolute Gasteiger partial charge is 0.314 e. The Labute approximate surface area is 134 Å². The second kappa shape index (κ2) is 6.76. The first-order valence-corrected chi connectivity index (χ1v) is 9.10. The lowest BCUT2D eigenvalue weighted by Gasteiger charge is -2.09. The van der Waals surface area contributed by atoms with Crippen LogP contribution in [0.15, 0.2) is 35.4 Å². The van der Waals surface area contributed by atoms with Crippen molar-refractivity contribution in [2.45, 2.75) is 43.0 Å². The summed E-state index contributed by atoms with van der Waals surface area (Å²) in [7, 11) is -4.72. The second-order valence-electron chi connectivity index (χ2n) is 5.78. The summed E-state index contributed by atoms with van der Waals surface area (Å²) in [6.07, 6.45) is 7.54. The molecule has 8 heteroatoms. The molecule has 0 aliphatic heterocycles. The summed E-state index contributed by atoms with van der Waals surface area (Å²) in [5.41, 5.74) is 1.27. The topological polar surface area (TPSA) is 76.9 Å². The summed E-state index contributed by atoms with van der Waals surface area (Å²) in [6.45, 7) is 0.836. The molecule has 1 N–H and O–H groups in total. The minimum atomic E-state index is -4.72. The quantitative estimate of drug-likeness (QED) is 0.815. The van der Waals surface area contributed by atoms with E-state index in [0.29, 0.717) is 11.7 Å². The molecule has 1 aromatic heterocycles. The third-order valence-electron chi connectivity index (χ3n) is 4.07. The van der Waals surface area contributed by atoms with Crippen LogP contribution in [-0.4, -0.2) is 36.0 Å². The van der Waals surface area contributed by atoms with Crippen molar-refractivity contribution in [3.05, 3.63) is 36.2 Å². The van der Waals surface area contributed by atoms with Crippen LogP contribution in [0.5, 0.6) is 0 Å². The monoisotopic (exact) mass is 338 g/mol. The summed E-state index contributed by atoms with van der Waals surface area (Å²) in [5, 5.41) is 11.6. The van der Waals surface area contributed by atoms with Gasteiger partial charge in [-0.15, -0.1) is 8.98 Å². The van der Waals surface area contributed by atoms with Gasteiger partial charge in [-0.05, 0) is 31.0 Å². The number of nitrogens with one attached hydrogen (secondary N) is 1. The lowest BCUT2D eigenvalue weighted by atomic mass is 10.2. The molecule has 1 aromatic carbocycles. The first kappa shape index (κ1) is 16.1. The molecule has 0 radical (unpaired) electrons. The van der Waals surface area contributed by atoms with Crippen molar-refractivity contribution < 1.29 is 12.3 Å². The van der Waals surface area contributed by atoms with E-state index in [4.69, 9.17) is 0 Å². The Morgan fingerprint density at radius 3 is 2.83 bits per heavy atom. The van der Waals surface area contributed by atoms with E-state index in [2.05, 4.69) is 15.6 Å². The second-order valence-corrected chi connectivity index (χ2v) is 7.12. The molecule has 124 valence electrons. The van der Waals surface area contributed by atoms with Gasteiger partial charge >= 0.3 is 10.2 Å². The van der Waals surface area contributed by atoms with Crippen molar-refractivity contribution in [3.8, 4) is 5.69 Å². The van der Waals surface area contributed by atoms with E-state index >= 15 is 0 Å². The summed E-state index contributed by atoms with van der Waals surface area (Å²) in [5.74, 6) is 0. The largest absolute Gasteiger partial charge is 0.332 e. The van der Waals surface area contributed by atoms with Gasteiger partial charge in [-0.25, -0.2) is 4.68 Å². The number of hydrogen-bond acceptors (Lipinski definition) is 5. The highest BCUT2D eigenvalue weighted by Crippen LogP contribution is 2.18. The van der Waals surface area contributed by atoms with Gasteiger partial charge in [-0.2, -0.15) is 8.42 Å². The van der Waals surface area contributed by atoms with Gasteiger partial charge in [0.15, 0.2) is 0 Å². The number of halogens is 1. The molecule has 1 fully saturated rings. The molecule has 0 atom stereocenters. The van der Waals surface area contributed by atoms with Crippen molar-refractivity contribution in [3.63, 3.8) is 0 Å². The molecule has 1 aliphatic carbocycles. The summed E-state index contributed by atoms with van der Waals surface area (Å²) in [6, 6.07) is 6.19. The molecule has 1 aliphatic rings. The van der Waals surface area contributed by atoms with Crippen LogP contribution in [0.25, 0.3) is 5.69 Å². The average molecular weight is 338 g/mol. The first-order chi connectivity index (χ1) is 11.0. The summed E-state index contributed by atoms with van der Waals surface area (Å²) < 4.78 is 36.5. The van der Waals surface area contributed by atoms with Crippen LogP contribution in [0.2, 0.25) is 0 Å². The van der Waals surface area contributed by atoms with Crippen molar-refractivity contribution in [2.75, 3.05) is 6.54 Å². The third kappa shape index (κ3) is 4.14. The van der Waals surface area contributed by atoms with Gasteiger partial charge in [0.25, 0.3) is 0 Å². The fourth-order valence-electron chi connectivity index (χ4n) is 2.85. The van der Waals surface area contributed by atoms with Crippen LogP contribution in [0.4, 0.5) is 3.89 Å². The Bertz CT molecular complexity index is 769. The molecule has 1 heterocycles. The standard InChI is InChI=1S/C15H19FN4O2S/c16-23(21,22)15-7-3-6-14(10-15)20-11-13(18-19-20)8-9-17-12-4-1-2-5-12/h3,6-7,10-12,17H,1-2,4-5,8-9H2. The van der Waals surface area contributed by atoms with Gasteiger partial charge in [-0.1, -0.05) is 24.1 Å². The maximum atomic E-state index is 13.1. The van der Waals surface area contributed by atoms with Crippen LogP contribution in [-0.2, 0) is 16.6 Å². The molecule has 3 rings (SSSR count). The SMILES string of the molecule is O=S(=O)(F)c1cccc(-n2cc(CCNC3CCCC3)nn2)c1. The van der Waals surface area contributed by atoms with Gasteiger partial charge < -0.3 is 5.32 Å². The van der Waals surface area contributed by atoms with Gasteiger partial charge in [-0.3, -0.25) is 0 Å². The van der Waals surface area contributed by atoms with Crippen molar-refractivity contribution in [1.82, 2.24) is 20.3 Å².